The first-order valence-electron chi connectivity index (χ1n) is 4.35. The van der Waals surface area contributed by atoms with Crippen molar-refractivity contribution in [2.75, 3.05) is 11.0 Å². The van der Waals surface area contributed by atoms with E-state index in [2.05, 4.69) is 61.6 Å². The van der Waals surface area contributed by atoms with Crippen molar-refractivity contribution in [3.05, 3.63) is 33.8 Å². The monoisotopic (exact) mass is 351 g/mol. The van der Waals surface area contributed by atoms with Crippen LogP contribution in [0.2, 0.25) is 0 Å². The third-order valence-electron chi connectivity index (χ3n) is 2.36. The smallest absolute Gasteiger partial charge is 0.0241 e. The van der Waals surface area contributed by atoms with Crippen LogP contribution < -0.4 is 0 Å². The second-order valence-corrected chi connectivity index (χ2v) is 5.31. The summed E-state index contributed by atoms with van der Waals surface area (Å²) in [6.07, 6.45) is 0. The van der Waals surface area contributed by atoms with Crippen molar-refractivity contribution in [2.24, 2.45) is 0 Å². The molecule has 0 saturated heterocycles. The summed E-state index contributed by atoms with van der Waals surface area (Å²) in [6.45, 7) is 3.45. The largest absolute Gasteiger partial charge is 0.294 e. The normalized spacial score (nSPS) is 16.2. The van der Waals surface area contributed by atoms with Crippen molar-refractivity contribution in [1.29, 1.82) is 0 Å². The fraction of sp³-hybridized carbons (Fsp3) is 0.400. The standard InChI is InChI=1S/C10H11BrIN/c11-10-2-1-8-6-13(4-3-12)7-9(8)5-10/h1-2,5H,3-4,6-7H2. The van der Waals surface area contributed by atoms with Crippen LogP contribution in [0.3, 0.4) is 0 Å². The van der Waals surface area contributed by atoms with Gasteiger partial charge in [-0.25, -0.2) is 0 Å². The summed E-state index contributed by atoms with van der Waals surface area (Å²) < 4.78 is 2.41. The van der Waals surface area contributed by atoms with Crippen LogP contribution in [-0.4, -0.2) is 15.9 Å². The summed E-state index contributed by atoms with van der Waals surface area (Å²) in [5, 5.41) is 0. The number of rotatable bonds is 2. The highest BCUT2D eigenvalue weighted by Gasteiger charge is 2.17. The van der Waals surface area contributed by atoms with Crippen LogP contribution in [0, 0.1) is 0 Å². The lowest BCUT2D eigenvalue weighted by Crippen LogP contribution is -2.18. The average Bonchev–Trinajstić information content (AvgIpc) is 2.46. The maximum absolute atomic E-state index is 3.50. The molecule has 1 nitrogen and oxygen atoms in total. The van der Waals surface area contributed by atoms with Crippen molar-refractivity contribution in [3.63, 3.8) is 0 Å². The molecule has 0 radical (unpaired) electrons. The number of halogens is 2. The van der Waals surface area contributed by atoms with Gasteiger partial charge in [0.1, 0.15) is 0 Å². The predicted molar refractivity (Wildman–Crippen MR) is 67.1 cm³/mol. The second kappa shape index (κ2) is 4.28. The van der Waals surface area contributed by atoms with E-state index in [4.69, 9.17) is 0 Å². The molecule has 1 aromatic rings. The Kier molecular flexibility index (Phi) is 3.26. The van der Waals surface area contributed by atoms with E-state index in [-0.39, 0.29) is 0 Å². The maximum Gasteiger partial charge on any atom is 0.0241 e. The summed E-state index contributed by atoms with van der Waals surface area (Å²) in [4.78, 5) is 2.49. The highest BCUT2D eigenvalue weighted by atomic mass is 127. The number of fused-ring (bicyclic) bond motifs is 1. The number of alkyl halides is 1. The van der Waals surface area contributed by atoms with Gasteiger partial charge in [-0.2, -0.15) is 0 Å². The molecule has 0 aromatic heterocycles. The summed E-state index contributed by atoms with van der Waals surface area (Å²) in [5.74, 6) is 0. The molecule has 1 aliphatic heterocycles. The van der Waals surface area contributed by atoms with Gasteiger partial charge in [-0.15, -0.1) is 0 Å². The Labute approximate surface area is 101 Å². The van der Waals surface area contributed by atoms with Crippen LogP contribution >= 0.6 is 38.5 Å². The van der Waals surface area contributed by atoms with Crippen molar-refractivity contribution in [1.82, 2.24) is 4.90 Å². The van der Waals surface area contributed by atoms with Gasteiger partial charge in [-0.05, 0) is 23.3 Å². The van der Waals surface area contributed by atoms with Crippen LogP contribution in [0.4, 0.5) is 0 Å². The Hall–Kier alpha value is 0.390. The van der Waals surface area contributed by atoms with E-state index in [1.807, 2.05) is 0 Å². The molecule has 13 heavy (non-hydrogen) atoms. The minimum Gasteiger partial charge on any atom is -0.294 e. The van der Waals surface area contributed by atoms with Crippen molar-refractivity contribution in [2.45, 2.75) is 13.1 Å². The Morgan fingerprint density at radius 2 is 2.08 bits per heavy atom. The van der Waals surface area contributed by atoms with Crippen molar-refractivity contribution < 1.29 is 0 Å². The molecule has 0 amide bonds. The molecule has 0 aliphatic carbocycles. The quantitative estimate of drug-likeness (QED) is 0.584. The van der Waals surface area contributed by atoms with Crippen LogP contribution in [0.1, 0.15) is 11.1 Å². The van der Waals surface area contributed by atoms with Crippen molar-refractivity contribution in [3.8, 4) is 0 Å². The maximum atomic E-state index is 3.50. The highest BCUT2D eigenvalue weighted by Crippen LogP contribution is 2.25. The third-order valence-corrected chi connectivity index (χ3v) is 3.33. The fourth-order valence-electron chi connectivity index (χ4n) is 1.71. The van der Waals surface area contributed by atoms with Gasteiger partial charge in [0.15, 0.2) is 0 Å². The third kappa shape index (κ3) is 2.25. The topological polar surface area (TPSA) is 3.24 Å². The first-order valence-corrected chi connectivity index (χ1v) is 6.67. The van der Waals surface area contributed by atoms with Gasteiger partial charge in [0.2, 0.25) is 0 Å². The molecular formula is C10H11BrIN. The summed E-state index contributed by atoms with van der Waals surface area (Å²) in [5.41, 5.74) is 2.98. The molecule has 0 fully saturated rings. The van der Waals surface area contributed by atoms with Gasteiger partial charge in [0.05, 0.1) is 0 Å². The van der Waals surface area contributed by atoms with Gasteiger partial charge < -0.3 is 0 Å². The Bertz CT molecular complexity index is 314. The Morgan fingerprint density at radius 3 is 2.85 bits per heavy atom. The first-order chi connectivity index (χ1) is 6.29. The lowest BCUT2D eigenvalue weighted by Gasteiger charge is -2.11. The Morgan fingerprint density at radius 1 is 1.31 bits per heavy atom. The molecule has 0 spiro atoms. The molecular weight excluding hydrogens is 341 g/mol. The van der Waals surface area contributed by atoms with Gasteiger partial charge in [0.25, 0.3) is 0 Å². The number of benzene rings is 1. The number of hydrogen-bond donors (Lipinski definition) is 0. The molecule has 1 aliphatic rings. The molecule has 0 unspecified atom stereocenters. The molecule has 1 heterocycles. The highest BCUT2D eigenvalue weighted by molar-refractivity contribution is 14.1. The SMILES string of the molecule is Brc1ccc2c(c1)CN(CCI)C2. The minimum atomic E-state index is 1.12. The zero-order valence-corrected chi connectivity index (χ0v) is 11.0. The van der Waals surface area contributed by atoms with Crippen molar-refractivity contribution >= 4 is 38.5 Å². The number of hydrogen-bond acceptors (Lipinski definition) is 1. The van der Waals surface area contributed by atoms with Crippen LogP contribution in [0.15, 0.2) is 22.7 Å². The predicted octanol–water partition coefficient (Wildman–Crippen LogP) is 3.20. The minimum absolute atomic E-state index is 1.12. The van der Waals surface area contributed by atoms with E-state index < -0.39 is 0 Å². The number of nitrogens with zero attached hydrogens (tertiary/aromatic N) is 1. The lowest BCUT2D eigenvalue weighted by atomic mass is 10.1. The first kappa shape index (κ1) is 9.93. The zero-order valence-electron chi connectivity index (χ0n) is 7.26. The van der Waals surface area contributed by atoms with Gasteiger partial charge in [-0.1, -0.05) is 44.6 Å². The summed E-state index contributed by atoms with van der Waals surface area (Å²) in [7, 11) is 0. The summed E-state index contributed by atoms with van der Waals surface area (Å²) >= 11 is 5.94. The molecule has 1 aromatic carbocycles. The van der Waals surface area contributed by atoms with Crippen LogP contribution in [0.25, 0.3) is 0 Å². The fourth-order valence-corrected chi connectivity index (χ4v) is 2.80. The van der Waals surface area contributed by atoms with Gasteiger partial charge in [0, 0.05) is 28.5 Å². The van der Waals surface area contributed by atoms with E-state index in [9.17, 15) is 0 Å². The molecule has 70 valence electrons. The average molecular weight is 352 g/mol. The zero-order chi connectivity index (χ0) is 9.26. The van der Waals surface area contributed by atoms with E-state index in [0.717, 1.165) is 13.1 Å². The molecule has 3 heteroatoms. The van der Waals surface area contributed by atoms with Crippen LogP contribution in [-0.2, 0) is 13.1 Å². The molecule has 0 N–H and O–H groups in total. The van der Waals surface area contributed by atoms with E-state index in [1.54, 1.807) is 0 Å². The van der Waals surface area contributed by atoms with Gasteiger partial charge >= 0.3 is 0 Å². The van der Waals surface area contributed by atoms with Gasteiger partial charge in [-0.3, -0.25) is 4.90 Å². The second-order valence-electron chi connectivity index (χ2n) is 3.31. The molecule has 0 bridgehead atoms. The summed E-state index contributed by atoms with van der Waals surface area (Å²) in [6, 6.07) is 6.60. The lowest BCUT2D eigenvalue weighted by molar-refractivity contribution is 0.305. The molecule has 0 atom stereocenters. The molecule has 2 rings (SSSR count). The molecule has 0 saturated carbocycles. The van der Waals surface area contributed by atoms with Crippen LogP contribution in [0.5, 0.6) is 0 Å². The Balaban J connectivity index is 2.16. The van der Waals surface area contributed by atoms with E-state index >= 15 is 0 Å². The van der Waals surface area contributed by atoms with E-state index in [1.165, 1.54) is 26.6 Å². The van der Waals surface area contributed by atoms with E-state index in [0.29, 0.717) is 0 Å².